The first-order valence-electron chi connectivity index (χ1n) is 4.08. The van der Waals surface area contributed by atoms with Crippen LogP contribution in [0.2, 0.25) is 0 Å². The smallest absolute Gasteiger partial charge is 0.151 e. The molecule has 1 aromatic rings. The van der Waals surface area contributed by atoms with Crippen molar-refractivity contribution in [2.75, 3.05) is 5.88 Å². The summed E-state index contributed by atoms with van der Waals surface area (Å²) in [4.78, 5) is 11.1. The number of rotatable bonds is 4. The highest BCUT2D eigenvalue weighted by molar-refractivity contribution is 9.10. The molecule has 1 nitrogen and oxygen atoms in total. The van der Waals surface area contributed by atoms with Crippen LogP contribution in [0, 0.1) is 0 Å². The second-order valence-corrected chi connectivity index (χ2v) is 4.59. The first-order chi connectivity index (χ1) is 6.67. The van der Waals surface area contributed by atoms with Gasteiger partial charge in [0.1, 0.15) is 0 Å². The maximum atomic E-state index is 11.1. The molecule has 0 aliphatic carbocycles. The molecule has 0 aliphatic rings. The summed E-state index contributed by atoms with van der Waals surface area (Å²) in [6, 6.07) is 5.91. The molecular weight excluding hydrogens is 331 g/mol. The van der Waals surface area contributed by atoms with Crippen LogP contribution in [0.5, 0.6) is 0 Å². The summed E-state index contributed by atoms with van der Waals surface area (Å²) in [5, 5.41) is 0.803. The first kappa shape index (κ1) is 12.2. The molecule has 0 atom stereocenters. The van der Waals surface area contributed by atoms with E-state index in [1.807, 2.05) is 18.2 Å². The van der Waals surface area contributed by atoms with E-state index in [1.54, 1.807) is 0 Å². The van der Waals surface area contributed by atoms with Crippen LogP contribution >= 0.6 is 43.5 Å². The summed E-state index contributed by atoms with van der Waals surface area (Å²) < 4.78 is 1.02. The van der Waals surface area contributed by atoms with Crippen LogP contribution in [0.1, 0.15) is 11.1 Å². The number of Topliss-reactive ketones (excluding diaryl/α,β-unsaturated/α-hetero) is 1. The molecule has 0 fully saturated rings. The van der Waals surface area contributed by atoms with E-state index in [9.17, 15) is 4.79 Å². The average Bonchev–Trinajstić information content (AvgIpc) is 2.18. The van der Waals surface area contributed by atoms with Crippen molar-refractivity contribution >= 4 is 49.2 Å². The molecule has 0 heterocycles. The molecule has 0 radical (unpaired) electrons. The van der Waals surface area contributed by atoms with Gasteiger partial charge >= 0.3 is 0 Å². The minimum absolute atomic E-state index is 0.0464. The molecule has 0 saturated carbocycles. The average molecular weight is 340 g/mol. The van der Waals surface area contributed by atoms with Crippen molar-refractivity contribution in [2.45, 2.75) is 11.8 Å². The second-order valence-electron chi connectivity index (χ2n) is 2.91. The molecular formula is C10H9Br2ClO. The van der Waals surface area contributed by atoms with E-state index in [0.29, 0.717) is 6.42 Å². The van der Waals surface area contributed by atoms with Crippen LogP contribution in [0.4, 0.5) is 0 Å². The van der Waals surface area contributed by atoms with Gasteiger partial charge in [-0.25, -0.2) is 0 Å². The number of alkyl halides is 2. The van der Waals surface area contributed by atoms with Gasteiger partial charge in [0.05, 0.1) is 5.88 Å². The van der Waals surface area contributed by atoms with Gasteiger partial charge in [-0.05, 0) is 17.2 Å². The normalized spacial score (nSPS) is 10.2. The van der Waals surface area contributed by atoms with Crippen LogP contribution in [-0.4, -0.2) is 11.7 Å². The lowest BCUT2D eigenvalue weighted by atomic mass is 10.1. The quantitative estimate of drug-likeness (QED) is 0.764. The topological polar surface area (TPSA) is 17.1 Å². The molecule has 0 aliphatic heterocycles. The Kier molecular flexibility index (Phi) is 5.13. The number of hydrogen-bond donors (Lipinski definition) is 0. The molecule has 0 N–H and O–H groups in total. The van der Waals surface area contributed by atoms with E-state index in [4.69, 9.17) is 11.6 Å². The van der Waals surface area contributed by atoms with Crippen molar-refractivity contribution < 1.29 is 4.79 Å². The number of benzene rings is 1. The van der Waals surface area contributed by atoms with Crippen molar-refractivity contribution in [2.24, 2.45) is 0 Å². The lowest BCUT2D eigenvalue weighted by molar-refractivity contribution is -0.116. The van der Waals surface area contributed by atoms with Crippen LogP contribution < -0.4 is 0 Å². The maximum absolute atomic E-state index is 11.1. The van der Waals surface area contributed by atoms with Crippen LogP contribution in [0.15, 0.2) is 22.7 Å². The highest BCUT2D eigenvalue weighted by atomic mass is 79.9. The molecule has 0 unspecified atom stereocenters. The van der Waals surface area contributed by atoms with Gasteiger partial charge in [-0.15, -0.1) is 11.6 Å². The molecule has 0 spiro atoms. The fraction of sp³-hybridized carbons (Fsp3) is 0.300. The Morgan fingerprint density at radius 2 is 2.14 bits per heavy atom. The van der Waals surface area contributed by atoms with Gasteiger partial charge in [0.15, 0.2) is 5.78 Å². The van der Waals surface area contributed by atoms with Crippen LogP contribution in [0.25, 0.3) is 0 Å². The number of carbonyl (C=O) groups is 1. The Bertz CT molecular complexity index is 339. The van der Waals surface area contributed by atoms with Gasteiger partial charge in [-0.1, -0.05) is 44.0 Å². The molecule has 1 rings (SSSR count). The summed E-state index contributed by atoms with van der Waals surface area (Å²) in [5.74, 6) is 0.128. The van der Waals surface area contributed by atoms with Crippen molar-refractivity contribution in [1.29, 1.82) is 0 Å². The Balaban J connectivity index is 2.81. The largest absolute Gasteiger partial charge is 0.298 e. The van der Waals surface area contributed by atoms with Crippen molar-refractivity contribution in [3.8, 4) is 0 Å². The van der Waals surface area contributed by atoms with Gasteiger partial charge in [-0.3, -0.25) is 4.79 Å². The Hall–Kier alpha value is 0.140. The molecule has 0 saturated heterocycles. The summed E-state index contributed by atoms with van der Waals surface area (Å²) >= 11 is 12.3. The number of halogens is 3. The molecule has 1 aromatic carbocycles. The lowest BCUT2D eigenvalue weighted by Crippen LogP contribution is -2.03. The molecule has 76 valence electrons. The lowest BCUT2D eigenvalue weighted by Gasteiger charge is -2.03. The summed E-state index contributed by atoms with van der Waals surface area (Å²) in [6.45, 7) is 0. The molecule has 0 aromatic heterocycles. The van der Waals surface area contributed by atoms with E-state index in [-0.39, 0.29) is 11.7 Å². The zero-order valence-electron chi connectivity index (χ0n) is 7.40. The highest BCUT2D eigenvalue weighted by Gasteiger charge is 2.04. The Labute approximate surface area is 105 Å². The van der Waals surface area contributed by atoms with Crippen molar-refractivity contribution in [3.05, 3.63) is 33.8 Å². The van der Waals surface area contributed by atoms with Crippen molar-refractivity contribution in [1.82, 2.24) is 0 Å². The van der Waals surface area contributed by atoms with Crippen LogP contribution in [-0.2, 0) is 16.5 Å². The highest BCUT2D eigenvalue weighted by Crippen LogP contribution is 2.21. The van der Waals surface area contributed by atoms with E-state index in [1.165, 1.54) is 5.56 Å². The molecule has 0 amide bonds. The van der Waals surface area contributed by atoms with Gasteiger partial charge in [0.2, 0.25) is 0 Å². The Morgan fingerprint density at radius 3 is 2.64 bits per heavy atom. The molecule has 14 heavy (non-hydrogen) atoms. The third-order valence-electron chi connectivity index (χ3n) is 1.81. The fourth-order valence-electron chi connectivity index (χ4n) is 1.08. The zero-order valence-corrected chi connectivity index (χ0v) is 11.3. The third kappa shape index (κ3) is 3.37. The van der Waals surface area contributed by atoms with Crippen LogP contribution in [0.3, 0.4) is 0 Å². The first-order valence-corrected chi connectivity index (χ1v) is 6.53. The zero-order chi connectivity index (χ0) is 10.6. The maximum Gasteiger partial charge on any atom is 0.151 e. The predicted octanol–water partition coefficient (Wildman–Crippen LogP) is 3.69. The van der Waals surface area contributed by atoms with Crippen molar-refractivity contribution in [3.63, 3.8) is 0 Å². The number of carbonyl (C=O) groups excluding carboxylic acids is 1. The predicted molar refractivity (Wildman–Crippen MR) is 66.2 cm³/mol. The summed E-state index contributed by atoms with van der Waals surface area (Å²) in [6.07, 6.45) is 0.407. The number of hydrogen-bond acceptors (Lipinski definition) is 1. The van der Waals surface area contributed by atoms with E-state index in [2.05, 4.69) is 31.9 Å². The van der Waals surface area contributed by atoms with Gasteiger partial charge in [-0.2, -0.15) is 0 Å². The Morgan fingerprint density at radius 1 is 1.43 bits per heavy atom. The van der Waals surface area contributed by atoms with Gasteiger partial charge in [0, 0.05) is 16.2 Å². The fourth-order valence-corrected chi connectivity index (χ4v) is 2.61. The minimum atomic E-state index is 0.0464. The molecule has 0 bridgehead atoms. The van der Waals surface area contributed by atoms with Gasteiger partial charge in [0.25, 0.3) is 0 Å². The number of ketones is 1. The minimum Gasteiger partial charge on any atom is -0.298 e. The summed E-state index contributed by atoms with van der Waals surface area (Å²) in [5.41, 5.74) is 2.17. The standard InChI is InChI=1S/C10H9Br2ClO/c11-5-8-2-1-7(4-10(8)12)3-9(14)6-13/h1-2,4H,3,5-6H2. The molecule has 4 heteroatoms. The van der Waals surface area contributed by atoms with E-state index < -0.39 is 0 Å². The van der Waals surface area contributed by atoms with E-state index in [0.717, 1.165) is 15.4 Å². The third-order valence-corrected chi connectivity index (χ3v) is 3.45. The SMILES string of the molecule is O=C(CCl)Cc1ccc(CBr)c(Br)c1. The second kappa shape index (κ2) is 5.89. The van der Waals surface area contributed by atoms with E-state index >= 15 is 0 Å². The van der Waals surface area contributed by atoms with Gasteiger partial charge < -0.3 is 0 Å². The monoisotopic (exact) mass is 338 g/mol. The summed E-state index contributed by atoms with van der Waals surface area (Å²) in [7, 11) is 0.